The van der Waals surface area contributed by atoms with Gasteiger partial charge in [-0.2, -0.15) is 0 Å². The molecular weight excluding hydrogens is 474 g/mol. The van der Waals surface area contributed by atoms with Gasteiger partial charge in [0.2, 0.25) is 6.29 Å². The van der Waals surface area contributed by atoms with Gasteiger partial charge in [0.05, 0.1) is 23.7 Å². The molecule has 0 saturated carbocycles. The van der Waals surface area contributed by atoms with Crippen molar-refractivity contribution in [2.45, 2.75) is 38.9 Å². The van der Waals surface area contributed by atoms with E-state index in [2.05, 4.69) is 6.92 Å². The number of amides is 3. The lowest BCUT2D eigenvalue weighted by Crippen LogP contribution is -2.64. The first-order chi connectivity index (χ1) is 18.0. The minimum Gasteiger partial charge on any atom is -0.465 e. The van der Waals surface area contributed by atoms with Crippen molar-refractivity contribution >= 4 is 35.3 Å². The summed E-state index contributed by atoms with van der Waals surface area (Å²) in [6.45, 7) is 2.19. The number of carbonyl (C=O) groups excluding carboxylic acids is 1. The minimum absolute atomic E-state index is 0.117. The maximum absolute atomic E-state index is 13.6. The number of carbonyl (C=O) groups is 3. The molecule has 3 aromatic carbocycles. The predicted octanol–water partition coefficient (Wildman–Crippen LogP) is 6.86. The molecule has 0 radical (unpaired) electrons. The van der Waals surface area contributed by atoms with Crippen LogP contribution in [0.15, 0.2) is 91.0 Å². The van der Waals surface area contributed by atoms with Crippen LogP contribution in [0, 0.1) is 0 Å². The van der Waals surface area contributed by atoms with Crippen molar-refractivity contribution in [1.82, 2.24) is 0 Å². The number of benzene rings is 3. The average Bonchev–Trinajstić information content (AvgIpc) is 2.90. The highest BCUT2D eigenvalue weighted by Crippen LogP contribution is 2.30. The summed E-state index contributed by atoms with van der Waals surface area (Å²) < 4.78 is 5.57. The van der Waals surface area contributed by atoms with Crippen LogP contribution in [0.1, 0.15) is 32.6 Å². The number of anilines is 3. The van der Waals surface area contributed by atoms with Gasteiger partial charge in [-0.05, 0) is 42.8 Å². The zero-order chi connectivity index (χ0) is 26.6. The molecule has 0 bridgehead atoms. The Morgan fingerprint density at radius 1 is 0.649 bits per heavy atom. The van der Waals surface area contributed by atoms with E-state index in [9.17, 15) is 24.6 Å². The fourth-order valence-corrected chi connectivity index (χ4v) is 3.89. The molecule has 0 spiro atoms. The van der Waals surface area contributed by atoms with Crippen LogP contribution in [0.4, 0.5) is 31.4 Å². The summed E-state index contributed by atoms with van der Waals surface area (Å²) in [5.74, 6) is 0. The molecule has 0 aliphatic heterocycles. The molecular formula is C28H31N3O6. The Hall–Kier alpha value is -4.53. The van der Waals surface area contributed by atoms with Crippen LogP contribution in [0.2, 0.25) is 0 Å². The SMILES string of the molecule is CCCCCCOC(=O)N(c1ccccc1)C(N(C(=O)O)c1ccccc1)N(C(=O)O)c1ccccc1. The van der Waals surface area contributed by atoms with Crippen molar-refractivity contribution in [3.63, 3.8) is 0 Å². The van der Waals surface area contributed by atoms with Crippen LogP contribution in [-0.2, 0) is 4.74 Å². The van der Waals surface area contributed by atoms with E-state index in [0.717, 1.165) is 34.0 Å². The number of nitrogens with zero attached hydrogens (tertiary/aromatic N) is 3. The summed E-state index contributed by atoms with van der Waals surface area (Å²) in [4.78, 5) is 41.8. The van der Waals surface area contributed by atoms with E-state index < -0.39 is 24.6 Å². The first kappa shape index (κ1) is 27.1. The van der Waals surface area contributed by atoms with Crippen LogP contribution in [0.25, 0.3) is 0 Å². The molecule has 194 valence electrons. The topological polar surface area (TPSA) is 111 Å². The Bertz CT molecular complexity index is 1090. The van der Waals surface area contributed by atoms with Crippen molar-refractivity contribution in [3.8, 4) is 0 Å². The van der Waals surface area contributed by atoms with Crippen molar-refractivity contribution in [2.75, 3.05) is 21.3 Å². The van der Waals surface area contributed by atoms with E-state index in [1.54, 1.807) is 66.7 Å². The van der Waals surface area contributed by atoms with Crippen LogP contribution >= 0.6 is 0 Å². The second-order valence-corrected chi connectivity index (χ2v) is 8.20. The standard InChI is InChI=1S/C28H31N3O6/c1-2-3-4-14-21-37-28(36)31(24-19-12-7-13-20-24)25(29(26(32)33)22-15-8-5-9-16-22)30(27(34)35)23-17-10-6-11-18-23/h5-13,15-20,25H,2-4,14,21H2,1H3,(H,32,33)(H,34,35). The van der Waals surface area contributed by atoms with Crippen molar-refractivity contribution in [1.29, 1.82) is 0 Å². The molecule has 9 heteroatoms. The van der Waals surface area contributed by atoms with Crippen LogP contribution in [0.5, 0.6) is 0 Å². The molecule has 0 saturated heterocycles. The molecule has 0 atom stereocenters. The van der Waals surface area contributed by atoms with Gasteiger partial charge in [-0.3, -0.25) is 0 Å². The number of ether oxygens (including phenoxy) is 1. The molecule has 0 fully saturated rings. The molecule has 3 amide bonds. The first-order valence-corrected chi connectivity index (χ1v) is 12.1. The zero-order valence-electron chi connectivity index (χ0n) is 20.6. The summed E-state index contributed by atoms with van der Waals surface area (Å²) in [5, 5.41) is 20.7. The maximum atomic E-state index is 13.6. The summed E-state index contributed by atoms with van der Waals surface area (Å²) >= 11 is 0. The molecule has 3 rings (SSSR count). The Morgan fingerprint density at radius 3 is 1.43 bits per heavy atom. The molecule has 2 N–H and O–H groups in total. The van der Waals surface area contributed by atoms with E-state index in [1.807, 2.05) is 0 Å². The monoisotopic (exact) mass is 505 g/mol. The lowest BCUT2D eigenvalue weighted by atomic mass is 10.2. The van der Waals surface area contributed by atoms with Crippen molar-refractivity contribution < 1.29 is 29.3 Å². The van der Waals surface area contributed by atoms with Crippen LogP contribution in [-0.4, -0.2) is 41.4 Å². The molecule has 0 unspecified atom stereocenters. The van der Waals surface area contributed by atoms with Gasteiger partial charge >= 0.3 is 18.3 Å². The highest BCUT2D eigenvalue weighted by molar-refractivity contribution is 5.99. The van der Waals surface area contributed by atoms with Gasteiger partial charge < -0.3 is 14.9 Å². The fourth-order valence-electron chi connectivity index (χ4n) is 3.89. The molecule has 3 aromatic rings. The van der Waals surface area contributed by atoms with Gasteiger partial charge in [-0.1, -0.05) is 80.8 Å². The number of unbranched alkanes of at least 4 members (excludes halogenated alkanes) is 3. The Kier molecular flexibility index (Phi) is 9.90. The van der Waals surface area contributed by atoms with Crippen molar-refractivity contribution in [2.24, 2.45) is 0 Å². The first-order valence-electron chi connectivity index (χ1n) is 12.1. The number of hydrogen-bond acceptors (Lipinski definition) is 4. The van der Waals surface area contributed by atoms with Gasteiger partial charge in [0.15, 0.2) is 0 Å². The molecule has 0 aliphatic rings. The lowest BCUT2D eigenvalue weighted by molar-refractivity contribution is 0.147. The normalized spacial score (nSPS) is 10.5. The quantitative estimate of drug-likeness (QED) is 0.217. The second-order valence-electron chi connectivity index (χ2n) is 8.20. The summed E-state index contributed by atoms with van der Waals surface area (Å²) in [7, 11) is 0. The van der Waals surface area contributed by atoms with E-state index in [0.29, 0.717) is 6.42 Å². The molecule has 0 heterocycles. The Morgan fingerprint density at radius 2 is 1.05 bits per heavy atom. The Balaban J connectivity index is 2.18. The smallest absolute Gasteiger partial charge is 0.417 e. The van der Waals surface area contributed by atoms with Gasteiger partial charge in [0, 0.05) is 0 Å². The van der Waals surface area contributed by atoms with Gasteiger partial charge in [-0.15, -0.1) is 0 Å². The predicted molar refractivity (Wildman–Crippen MR) is 142 cm³/mol. The van der Waals surface area contributed by atoms with Gasteiger partial charge in [-0.25, -0.2) is 29.1 Å². The maximum Gasteiger partial charge on any atom is 0.417 e. The number of hydrogen-bond donors (Lipinski definition) is 2. The summed E-state index contributed by atoms with van der Waals surface area (Å²) in [5.41, 5.74) is 0.633. The highest BCUT2D eigenvalue weighted by atomic mass is 16.6. The number of carboxylic acid groups (broad SMARTS) is 2. The molecule has 37 heavy (non-hydrogen) atoms. The average molecular weight is 506 g/mol. The van der Waals surface area contributed by atoms with E-state index in [-0.39, 0.29) is 23.7 Å². The van der Waals surface area contributed by atoms with Crippen LogP contribution in [0.3, 0.4) is 0 Å². The third kappa shape index (κ3) is 7.00. The van der Waals surface area contributed by atoms with E-state index in [1.165, 1.54) is 24.3 Å². The molecule has 9 nitrogen and oxygen atoms in total. The summed E-state index contributed by atoms with van der Waals surface area (Å²) in [6.07, 6.45) is -1.91. The molecule has 0 aliphatic carbocycles. The second kappa shape index (κ2) is 13.5. The van der Waals surface area contributed by atoms with Crippen molar-refractivity contribution in [3.05, 3.63) is 91.0 Å². The third-order valence-electron chi connectivity index (χ3n) is 5.63. The fraction of sp³-hybridized carbons (Fsp3) is 0.250. The van der Waals surface area contributed by atoms with Gasteiger partial charge in [0.25, 0.3) is 0 Å². The zero-order valence-corrected chi connectivity index (χ0v) is 20.6. The minimum atomic E-state index is -1.66. The Labute approximate surface area is 216 Å². The number of para-hydroxylation sites is 3. The third-order valence-corrected chi connectivity index (χ3v) is 5.63. The summed E-state index contributed by atoms with van der Waals surface area (Å²) in [6, 6.07) is 24.4. The highest BCUT2D eigenvalue weighted by Gasteiger charge is 2.42. The van der Waals surface area contributed by atoms with E-state index >= 15 is 0 Å². The molecule has 0 aromatic heterocycles. The van der Waals surface area contributed by atoms with Gasteiger partial charge in [0.1, 0.15) is 0 Å². The van der Waals surface area contributed by atoms with Crippen LogP contribution < -0.4 is 14.7 Å². The largest absolute Gasteiger partial charge is 0.465 e. The number of rotatable bonds is 11. The van der Waals surface area contributed by atoms with E-state index in [4.69, 9.17) is 4.74 Å². The lowest BCUT2D eigenvalue weighted by Gasteiger charge is -2.42.